The highest BCUT2D eigenvalue weighted by atomic mass is 32.1. The molecule has 1 aromatic carbocycles. The summed E-state index contributed by atoms with van der Waals surface area (Å²) in [6, 6.07) is 6.47. The number of aryl methyl sites for hydroxylation is 1. The molecule has 2 aromatic rings. The molecule has 0 saturated carbocycles. The first kappa shape index (κ1) is 12.1. The van der Waals surface area contributed by atoms with Gasteiger partial charge in [0.15, 0.2) is 0 Å². The number of thiophene rings is 1. The average Bonchev–Trinajstić information content (AvgIpc) is 2.81. The van der Waals surface area contributed by atoms with Crippen LogP contribution < -0.4 is 10.5 Å². The van der Waals surface area contributed by atoms with E-state index in [0.29, 0.717) is 12.3 Å². The van der Waals surface area contributed by atoms with E-state index in [2.05, 4.69) is 0 Å². The van der Waals surface area contributed by atoms with Gasteiger partial charge in [0.25, 0.3) is 0 Å². The van der Waals surface area contributed by atoms with E-state index in [1.807, 2.05) is 23.8 Å². The third-order valence-electron chi connectivity index (χ3n) is 2.54. The van der Waals surface area contributed by atoms with E-state index < -0.39 is 0 Å². The minimum atomic E-state index is -0.255. The second-order valence-electron chi connectivity index (χ2n) is 3.81. The Kier molecular flexibility index (Phi) is 3.76. The minimum absolute atomic E-state index is 0.176. The van der Waals surface area contributed by atoms with Crippen molar-refractivity contribution in [2.75, 3.05) is 6.54 Å². The maximum Gasteiger partial charge on any atom is 0.137 e. The fourth-order valence-electron chi connectivity index (χ4n) is 1.61. The lowest BCUT2D eigenvalue weighted by molar-refractivity contribution is 0.213. The molecule has 4 heteroatoms. The number of benzene rings is 1. The van der Waals surface area contributed by atoms with Crippen LogP contribution in [0.25, 0.3) is 0 Å². The molecule has 0 radical (unpaired) electrons. The van der Waals surface area contributed by atoms with Gasteiger partial charge >= 0.3 is 0 Å². The SMILES string of the molecule is Cc1cc(F)ccc1OC(CN)c1ccsc1. The van der Waals surface area contributed by atoms with Gasteiger partial charge in [-0.3, -0.25) is 0 Å². The Morgan fingerprint density at radius 1 is 1.41 bits per heavy atom. The Hall–Kier alpha value is -1.39. The number of nitrogens with two attached hydrogens (primary N) is 1. The first-order valence-electron chi connectivity index (χ1n) is 5.35. The molecule has 0 saturated heterocycles. The van der Waals surface area contributed by atoms with Crippen molar-refractivity contribution in [1.29, 1.82) is 0 Å². The molecule has 0 aliphatic rings. The van der Waals surface area contributed by atoms with Crippen molar-refractivity contribution in [3.63, 3.8) is 0 Å². The monoisotopic (exact) mass is 251 g/mol. The summed E-state index contributed by atoms with van der Waals surface area (Å²) in [7, 11) is 0. The van der Waals surface area contributed by atoms with Crippen LogP contribution in [-0.2, 0) is 0 Å². The first-order chi connectivity index (χ1) is 8.20. The number of halogens is 1. The summed E-state index contributed by atoms with van der Waals surface area (Å²) in [6.45, 7) is 2.22. The zero-order valence-electron chi connectivity index (χ0n) is 9.52. The van der Waals surface area contributed by atoms with Gasteiger partial charge in [-0.1, -0.05) is 0 Å². The molecule has 2 N–H and O–H groups in total. The van der Waals surface area contributed by atoms with E-state index in [4.69, 9.17) is 10.5 Å². The molecule has 1 unspecified atom stereocenters. The Labute approximate surface area is 104 Å². The Balaban J connectivity index is 2.19. The lowest BCUT2D eigenvalue weighted by Gasteiger charge is -2.18. The Morgan fingerprint density at radius 2 is 2.24 bits per heavy atom. The summed E-state index contributed by atoms with van der Waals surface area (Å²) in [4.78, 5) is 0. The van der Waals surface area contributed by atoms with Gasteiger partial charge < -0.3 is 10.5 Å². The van der Waals surface area contributed by atoms with E-state index in [0.717, 1.165) is 11.1 Å². The van der Waals surface area contributed by atoms with Crippen molar-refractivity contribution in [2.24, 2.45) is 5.73 Å². The molecule has 2 rings (SSSR count). The molecule has 0 aliphatic carbocycles. The average molecular weight is 251 g/mol. The maximum absolute atomic E-state index is 13.0. The van der Waals surface area contributed by atoms with Gasteiger partial charge in [0.05, 0.1) is 0 Å². The quantitative estimate of drug-likeness (QED) is 0.905. The van der Waals surface area contributed by atoms with Gasteiger partial charge in [-0.15, -0.1) is 0 Å². The molecule has 0 amide bonds. The standard InChI is InChI=1S/C13H14FNOS/c1-9-6-11(14)2-3-12(9)16-13(7-15)10-4-5-17-8-10/h2-6,8,13H,7,15H2,1H3. The summed E-state index contributed by atoms with van der Waals surface area (Å²) in [5.41, 5.74) is 7.53. The third kappa shape index (κ3) is 2.84. The normalized spacial score (nSPS) is 12.4. The predicted octanol–water partition coefficient (Wildman–Crippen LogP) is 3.27. The summed E-state index contributed by atoms with van der Waals surface area (Å²) in [6.07, 6.45) is -0.176. The van der Waals surface area contributed by atoms with E-state index in [1.165, 1.54) is 12.1 Å². The van der Waals surface area contributed by atoms with Crippen molar-refractivity contribution in [1.82, 2.24) is 0 Å². The van der Waals surface area contributed by atoms with Crippen LogP contribution >= 0.6 is 11.3 Å². The Morgan fingerprint density at radius 3 is 2.82 bits per heavy atom. The van der Waals surface area contributed by atoms with Gasteiger partial charge in [-0.05, 0) is 47.5 Å². The molecule has 1 atom stereocenters. The maximum atomic E-state index is 13.0. The fourth-order valence-corrected chi connectivity index (χ4v) is 2.31. The zero-order valence-corrected chi connectivity index (χ0v) is 10.3. The Bertz CT molecular complexity index is 484. The predicted molar refractivity (Wildman–Crippen MR) is 67.9 cm³/mol. The van der Waals surface area contributed by atoms with Crippen molar-refractivity contribution in [2.45, 2.75) is 13.0 Å². The summed E-state index contributed by atoms with van der Waals surface area (Å²) < 4.78 is 18.8. The van der Waals surface area contributed by atoms with Gasteiger partial charge in [0, 0.05) is 12.1 Å². The summed E-state index contributed by atoms with van der Waals surface area (Å²) in [5, 5.41) is 4.00. The molecular formula is C13H14FNOS. The highest BCUT2D eigenvalue weighted by Crippen LogP contribution is 2.26. The molecule has 0 spiro atoms. The third-order valence-corrected chi connectivity index (χ3v) is 3.24. The number of ether oxygens (including phenoxy) is 1. The molecule has 0 fully saturated rings. The van der Waals surface area contributed by atoms with Gasteiger partial charge in [-0.2, -0.15) is 11.3 Å². The second kappa shape index (κ2) is 5.29. The van der Waals surface area contributed by atoms with Crippen LogP contribution in [0.4, 0.5) is 4.39 Å². The summed E-state index contributed by atoms with van der Waals surface area (Å²) in [5.74, 6) is 0.419. The van der Waals surface area contributed by atoms with E-state index in [1.54, 1.807) is 17.4 Å². The van der Waals surface area contributed by atoms with Crippen LogP contribution in [0.1, 0.15) is 17.2 Å². The van der Waals surface area contributed by atoms with Gasteiger partial charge in [-0.25, -0.2) is 4.39 Å². The van der Waals surface area contributed by atoms with E-state index >= 15 is 0 Å². The van der Waals surface area contributed by atoms with Crippen molar-refractivity contribution in [3.05, 3.63) is 52.0 Å². The molecular weight excluding hydrogens is 237 g/mol. The highest BCUT2D eigenvalue weighted by molar-refractivity contribution is 7.07. The molecule has 0 aliphatic heterocycles. The number of hydrogen-bond donors (Lipinski definition) is 1. The van der Waals surface area contributed by atoms with Crippen LogP contribution in [-0.4, -0.2) is 6.54 Å². The minimum Gasteiger partial charge on any atom is -0.484 e. The smallest absolute Gasteiger partial charge is 0.137 e. The van der Waals surface area contributed by atoms with Crippen molar-refractivity contribution in [3.8, 4) is 5.75 Å². The number of hydrogen-bond acceptors (Lipinski definition) is 3. The fraction of sp³-hybridized carbons (Fsp3) is 0.231. The van der Waals surface area contributed by atoms with Gasteiger partial charge in [0.1, 0.15) is 17.7 Å². The lowest BCUT2D eigenvalue weighted by Crippen LogP contribution is -2.18. The summed E-state index contributed by atoms with van der Waals surface area (Å²) >= 11 is 1.60. The topological polar surface area (TPSA) is 35.2 Å². The van der Waals surface area contributed by atoms with E-state index in [9.17, 15) is 4.39 Å². The largest absolute Gasteiger partial charge is 0.484 e. The lowest BCUT2D eigenvalue weighted by atomic mass is 10.2. The zero-order chi connectivity index (χ0) is 12.3. The van der Waals surface area contributed by atoms with Crippen molar-refractivity contribution < 1.29 is 9.13 Å². The van der Waals surface area contributed by atoms with E-state index in [-0.39, 0.29) is 11.9 Å². The molecule has 17 heavy (non-hydrogen) atoms. The first-order valence-corrected chi connectivity index (χ1v) is 6.30. The van der Waals surface area contributed by atoms with Crippen LogP contribution in [0.2, 0.25) is 0 Å². The second-order valence-corrected chi connectivity index (χ2v) is 4.59. The van der Waals surface area contributed by atoms with Crippen LogP contribution in [0.5, 0.6) is 5.75 Å². The molecule has 90 valence electrons. The highest BCUT2D eigenvalue weighted by Gasteiger charge is 2.13. The van der Waals surface area contributed by atoms with Gasteiger partial charge in [0.2, 0.25) is 0 Å². The number of rotatable bonds is 4. The molecule has 0 bridgehead atoms. The van der Waals surface area contributed by atoms with Crippen LogP contribution in [0.3, 0.4) is 0 Å². The molecule has 1 aromatic heterocycles. The van der Waals surface area contributed by atoms with Crippen molar-refractivity contribution >= 4 is 11.3 Å². The van der Waals surface area contributed by atoms with Crippen LogP contribution in [0, 0.1) is 12.7 Å². The molecule has 2 nitrogen and oxygen atoms in total. The molecule has 1 heterocycles. The van der Waals surface area contributed by atoms with Crippen LogP contribution in [0.15, 0.2) is 35.0 Å².